The smallest absolute Gasteiger partial charge is 0.411 e. The number of benzene rings is 1. The van der Waals surface area contributed by atoms with Crippen LogP contribution in [0.3, 0.4) is 0 Å². The van der Waals surface area contributed by atoms with Crippen LogP contribution < -0.4 is 5.32 Å². The van der Waals surface area contributed by atoms with Crippen LogP contribution in [0, 0.1) is 4.78 Å². The molecule has 0 spiro atoms. The third kappa shape index (κ3) is 5.11. The summed E-state index contributed by atoms with van der Waals surface area (Å²) in [4.78, 5) is 17.8. The fourth-order valence-electron chi connectivity index (χ4n) is 3.44. The summed E-state index contributed by atoms with van der Waals surface area (Å²) in [6, 6.07) is 5.15. The zero-order chi connectivity index (χ0) is 20.3. The quantitative estimate of drug-likeness (QED) is 0.633. The van der Waals surface area contributed by atoms with Gasteiger partial charge in [0, 0.05) is 29.6 Å². The van der Waals surface area contributed by atoms with Crippen LogP contribution in [-0.4, -0.2) is 27.6 Å². The Morgan fingerprint density at radius 1 is 1.32 bits per heavy atom. The lowest BCUT2D eigenvalue weighted by atomic mass is 9.90. The minimum atomic E-state index is -2.99. The highest BCUT2D eigenvalue weighted by molar-refractivity contribution is 7.91. The number of carbonyl (C=O) groups is 1. The van der Waals surface area contributed by atoms with E-state index in [1.807, 2.05) is 6.20 Å². The highest BCUT2D eigenvalue weighted by Gasteiger charge is 2.21. The molecule has 1 heterocycles. The molecule has 1 atom stereocenters. The van der Waals surface area contributed by atoms with Crippen LogP contribution in [0.5, 0.6) is 0 Å². The van der Waals surface area contributed by atoms with Crippen LogP contribution in [0.1, 0.15) is 56.9 Å². The van der Waals surface area contributed by atoms with Crippen LogP contribution in [-0.2, 0) is 14.5 Å². The molecular formula is C20H27N3O3S2. The number of carbonyl (C=O) groups excluding carboxylic acids is 1. The van der Waals surface area contributed by atoms with E-state index in [0.29, 0.717) is 16.5 Å². The molecule has 2 N–H and O–H groups in total. The largest absolute Gasteiger partial charge is 0.447 e. The van der Waals surface area contributed by atoms with Crippen LogP contribution in [0.4, 0.5) is 10.5 Å². The number of hydrogen-bond donors (Lipinski definition) is 2. The summed E-state index contributed by atoms with van der Waals surface area (Å²) in [7, 11) is -2.99. The Morgan fingerprint density at radius 2 is 2.04 bits per heavy atom. The Hall–Kier alpha value is -1.93. The lowest BCUT2D eigenvalue weighted by Crippen LogP contribution is -2.18. The van der Waals surface area contributed by atoms with Gasteiger partial charge in [-0.25, -0.2) is 18.8 Å². The molecular weight excluding hydrogens is 394 g/mol. The first-order valence-corrected chi connectivity index (χ1v) is 12.3. The number of hydrogen-bond acceptors (Lipinski definition) is 6. The maximum Gasteiger partial charge on any atom is 0.411 e. The van der Waals surface area contributed by atoms with Crippen molar-refractivity contribution < 1.29 is 13.7 Å². The summed E-state index contributed by atoms with van der Waals surface area (Å²) < 4.78 is 25.8. The SMILES string of the molecule is CC(C)OC(=O)Nc1ccc(-c2cnc(C3CCCCC3)s2)c(S(C)(=N)=O)c1. The number of ether oxygens (including phenoxy) is 1. The van der Waals surface area contributed by atoms with Gasteiger partial charge < -0.3 is 4.74 Å². The molecule has 0 saturated heterocycles. The third-order valence-corrected chi connectivity index (χ3v) is 7.10. The molecule has 6 nitrogen and oxygen atoms in total. The zero-order valence-corrected chi connectivity index (χ0v) is 18.1. The van der Waals surface area contributed by atoms with E-state index in [-0.39, 0.29) is 6.10 Å². The number of thiazole rings is 1. The van der Waals surface area contributed by atoms with E-state index in [1.54, 1.807) is 43.4 Å². The number of rotatable bonds is 5. The first-order chi connectivity index (χ1) is 13.2. The van der Waals surface area contributed by atoms with Gasteiger partial charge in [-0.15, -0.1) is 11.3 Å². The number of aromatic nitrogens is 1. The number of nitrogens with zero attached hydrogens (tertiary/aromatic N) is 1. The van der Waals surface area contributed by atoms with Crippen molar-refractivity contribution in [3.05, 3.63) is 29.4 Å². The van der Waals surface area contributed by atoms with Gasteiger partial charge in [0.25, 0.3) is 0 Å². The highest BCUT2D eigenvalue weighted by Crippen LogP contribution is 2.39. The Balaban J connectivity index is 1.90. The molecule has 1 aromatic carbocycles. The summed E-state index contributed by atoms with van der Waals surface area (Å²) in [6.45, 7) is 3.54. The maximum atomic E-state index is 12.6. The molecule has 152 valence electrons. The second kappa shape index (κ2) is 8.61. The van der Waals surface area contributed by atoms with Gasteiger partial charge in [-0.2, -0.15) is 0 Å². The van der Waals surface area contributed by atoms with Crippen molar-refractivity contribution in [2.75, 3.05) is 11.6 Å². The Bertz CT molecular complexity index is 945. The molecule has 28 heavy (non-hydrogen) atoms. The Labute approximate surface area is 170 Å². The molecule has 3 rings (SSSR count). The van der Waals surface area contributed by atoms with Crippen molar-refractivity contribution in [2.45, 2.75) is 62.9 Å². The van der Waals surface area contributed by atoms with Gasteiger partial charge in [0.1, 0.15) is 0 Å². The summed E-state index contributed by atoms with van der Waals surface area (Å²) in [6.07, 6.45) is 8.53. The molecule has 1 saturated carbocycles. The molecule has 2 aromatic rings. The first-order valence-electron chi connectivity index (χ1n) is 9.55. The lowest BCUT2D eigenvalue weighted by Gasteiger charge is -2.18. The van der Waals surface area contributed by atoms with Gasteiger partial charge in [0.2, 0.25) is 0 Å². The molecule has 1 aliphatic carbocycles. The monoisotopic (exact) mass is 421 g/mol. The summed E-state index contributed by atoms with van der Waals surface area (Å²) in [5, 5.41) is 3.76. The lowest BCUT2D eigenvalue weighted by molar-refractivity contribution is 0.130. The van der Waals surface area contributed by atoms with Gasteiger partial charge in [-0.3, -0.25) is 5.32 Å². The van der Waals surface area contributed by atoms with Crippen molar-refractivity contribution in [1.82, 2.24) is 4.98 Å². The van der Waals surface area contributed by atoms with Crippen LogP contribution >= 0.6 is 11.3 Å². The van der Waals surface area contributed by atoms with Gasteiger partial charge in [-0.1, -0.05) is 25.3 Å². The fraction of sp³-hybridized carbons (Fsp3) is 0.500. The molecule has 1 amide bonds. The maximum absolute atomic E-state index is 12.6. The van der Waals surface area contributed by atoms with Gasteiger partial charge >= 0.3 is 6.09 Å². The third-order valence-electron chi connectivity index (χ3n) is 4.73. The van der Waals surface area contributed by atoms with E-state index in [1.165, 1.54) is 38.4 Å². The highest BCUT2D eigenvalue weighted by atomic mass is 32.2. The van der Waals surface area contributed by atoms with Crippen molar-refractivity contribution in [1.29, 1.82) is 4.78 Å². The number of nitrogens with one attached hydrogen (secondary N) is 2. The zero-order valence-electron chi connectivity index (χ0n) is 16.5. The second-order valence-electron chi connectivity index (χ2n) is 7.53. The fourth-order valence-corrected chi connectivity index (χ4v) is 5.58. The summed E-state index contributed by atoms with van der Waals surface area (Å²) in [5.74, 6) is 0.504. The molecule has 0 radical (unpaired) electrons. The van der Waals surface area contributed by atoms with E-state index in [9.17, 15) is 9.00 Å². The standard InChI is InChI=1S/C20H27N3O3S2/c1-13(2)26-20(24)23-15-9-10-16(18(11-15)28(3,21)25)17-12-22-19(27-17)14-7-5-4-6-8-14/h9-14,21H,4-8H2,1-3H3,(H,23,24). The average Bonchev–Trinajstić information content (AvgIpc) is 3.11. The van der Waals surface area contributed by atoms with Gasteiger partial charge in [0.15, 0.2) is 0 Å². The molecule has 1 aliphatic rings. The van der Waals surface area contributed by atoms with Gasteiger partial charge in [0.05, 0.1) is 30.6 Å². The first kappa shape index (κ1) is 20.8. The van der Waals surface area contributed by atoms with E-state index in [0.717, 1.165) is 15.4 Å². The molecule has 1 fully saturated rings. The topological polar surface area (TPSA) is 92.1 Å². The number of amides is 1. The molecule has 0 aliphatic heterocycles. The van der Waals surface area contributed by atoms with Crippen LogP contribution in [0.25, 0.3) is 10.4 Å². The molecule has 1 unspecified atom stereocenters. The van der Waals surface area contributed by atoms with Crippen molar-refractivity contribution in [3.8, 4) is 10.4 Å². The van der Waals surface area contributed by atoms with Gasteiger partial charge in [-0.05, 0) is 38.8 Å². The van der Waals surface area contributed by atoms with E-state index in [2.05, 4.69) is 10.3 Å². The second-order valence-corrected chi connectivity index (χ2v) is 10.7. The minimum absolute atomic E-state index is 0.235. The average molecular weight is 422 g/mol. The van der Waals surface area contributed by atoms with Crippen molar-refractivity contribution >= 4 is 32.8 Å². The summed E-state index contributed by atoms with van der Waals surface area (Å²) >= 11 is 1.62. The van der Waals surface area contributed by atoms with Crippen LogP contribution in [0.15, 0.2) is 29.3 Å². The minimum Gasteiger partial charge on any atom is -0.447 e. The van der Waals surface area contributed by atoms with E-state index in [4.69, 9.17) is 9.52 Å². The predicted octanol–water partition coefficient (Wildman–Crippen LogP) is 5.85. The molecule has 8 heteroatoms. The van der Waals surface area contributed by atoms with Crippen LogP contribution in [0.2, 0.25) is 0 Å². The molecule has 0 bridgehead atoms. The predicted molar refractivity (Wildman–Crippen MR) is 114 cm³/mol. The molecule has 1 aromatic heterocycles. The Morgan fingerprint density at radius 3 is 2.68 bits per heavy atom. The Kier molecular flexibility index (Phi) is 6.40. The van der Waals surface area contributed by atoms with Crippen molar-refractivity contribution in [3.63, 3.8) is 0 Å². The normalized spacial score (nSPS) is 17.3. The van der Waals surface area contributed by atoms with E-state index < -0.39 is 15.8 Å². The number of anilines is 1. The van der Waals surface area contributed by atoms with E-state index >= 15 is 0 Å². The van der Waals surface area contributed by atoms with Crippen molar-refractivity contribution in [2.24, 2.45) is 0 Å². The summed E-state index contributed by atoms with van der Waals surface area (Å²) in [5.41, 5.74) is 1.20.